The molecule has 2 N–H and O–H groups in total. The molecule has 0 aromatic rings. The highest BCUT2D eigenvalue weighted by Crippen LogP contribution is 2.36. The van der Waals surface area contributed by atoms with Crippen molar-refractivity contribution in [1.29, 1.82) is 0 Å². The Morgan fingerprint density at radius 1 is 1.57 bits per heavy atom. The van der Waals surface area contributed by atoms with E-state index < -0.39 is 0 Å². The number of aliphatic hydroxyl groups excluding tert-OH is 1. The largest absolute Gasteiger partial charge is 0.391 e. The van der Waals surface area contributed by atoms with Crippen LogP contribution < -0.4 is 5.32 Å². The van der Waals surface area contributed by atoms with Crippen LogP contribution in [0.2, 0.25) is 0 Å². The van der Waals surface area contributed by atoms with Crippen LogP contribution in [0.15, 0.2) is 0 Å². The van der Waals surface area contributed by atoms with Gasteiger partial charge in [0.15, 0.2) is 0 Å². The number of hydrogen-bond acceptors (Lipinski definition) is 3. The third-order valence-corrected chi connectivity index (χ3v) is 3.93. The van der Waals surface area contributed by atoms with E-state index >= 15 is 0 Å². The van der Waals surface area contributed by atoms with E-state index in [1.165, 1.54) is 19.3 Å². The van der Waals surface area contributed by atoms with Gasteiger partial charge in [0, 0.05) is 18.3 Å². The van der Waals surface area contributed by atoms with Crippen LogP contribution in [0.1, 0.15) is 33.1 Å². The van der Waals surface area contributed by atoms with Gasteiger partial charge < -0.3 is 10.4 Å². The minimum Gasteiger partial charge on any atom is -0.391 e. The molecule has 0 unspecified atom stereocenters. The average Bonchev–Trinajstić information content (AvgIpc) is 2.42. The third-order valence-electron chi connectivity index (χ3n) is 3.22. The van der Waals surface area contributed by atoms with Crippen LogP contribution in [0.4, 0.5) is 0 Å². The minimum atomic E-state index is -0.193. The van der Waals surface area contributed by atoms with Crippen molar-refractivity contribution in [1.82, 2.24) is 5.32 Å². The van der Waals surface area contributed by atoms with Crippen LogP contribution in [0, 0.1) is 5.41 Å². The lowest BCUT2D eigenvalue weighted by Gasteiger charge is -2.28. The molecule has 2 atom stereocenters. The van der Waals surface area contributed by atoms with E-state index in [-0.39, 0.29) is 6.10 Å². The standard InChI is InChI=1S/C11H23NOS/c1-11(2)6-4-5-10(11)12-7-9(13)8-14-3/h9-10,12-13H,4-8H2,1-3H3/t9-,10-/m0/s1. The first-order chi connectivity index (χ1) is 6.56. The number of rotatable bonds is 5. The zero-order valence-electron chi connectivity index (χ0n) is 9.55. The molecule has 0 amide bonds. The summed E-state index contributed by atoms with van der Waals surface area (Å²) in [5, 5.41) is 13.1. The molecule has 0 bridgehead atoms. The summed E-state index contributed by atoms with van der Waals surface area (Å²) >= 11 is 1.70. The second kappa shape index (κ2) is 5.38. The Hall–Kier alpha value is 0.270. The van der Waals surface area contributed by atoms with Crippen molar-refractivity contribution in [3.63, 3.8) is 0 Å². The molecule has 0 heterocycles. The zero-order valence-corrected chi connectivity index (χ0v) is 10.4. The molecule has 1 aliphatic rings. The SMILES string of the molecule is CSC[C@@H](O)CN[C@H]1CCCC1(C)C. The number of hydrogen-bond donors (Lipinski definition) is 2. The summed E-state index contributed by atoms with van der Waals surface area (Å²) < 4.78 is 0. The van der Waals surface area contributed by atoms with E-state index in [4.69, 9.17) is 0 Å². The van der Waals surface area contributed by atoms with E-state index in [0.717, 1.165) is 12.3 Å². The minimum absolute atomic E-state index is 0.193. The van der Waals surface area contributed by atoms with Crippen molar-refractivity contribution >= 4 is 11.8 Å². The van der Waals surface area contributed by atoms with Gasteiger partial charge in [0.2, 0.25) is 0 Å². The molecule has 84 valence electrons. The monoisotopic (exact) mass is 217 g/mol. The first-order valence-corrected chi connectivity index (χ1v) is 6.86. The lowest BCUT2D eigenvalue weighted by molar-refractivity contribution is 0.176. The molecule has 1 rings (SSSR count). The maximum absolute atomic E-state index is 9.60. The first-order valence-electron chi connectivity index (χ1n) is 5.46. The molecule has 0 spiro atoms. The Bertz CT molecular complexity index is 173. The quantitative estimate of drug-likeness (QED) is 0.737. The highest BCUT2D eigenvalue weighted by molar-refractivity contribution is 7.98. The Morgan fingerprint density at radius 2 is 2.29 bits per heavy atom. The van der Waals surface area contributed by atoms with E-state index in [2.05, 4.69) is 19.2 Å². The summed E-state index contributed by atoms with van der Waals surface area (Å²) in [6.07, 6.45) is 5.73. The van der Waals surface area contributed by atoms with Gasteiger partial charge in [0.25, 0.3) is 0 Å². The van der Waals surface area contributed by atoms with Gasteiger partial charge in [-0.2, -0.15) is 11.8 Å². The van der Waals surface area contributed by atoms with Gasteiger partial charge in [0.05, 0.1) is 6.10 Å². The van der Waals surface area contributed by atoms with Gasteiger partial charge in [0.1, 0.15) is 0 Å². The fourth-order valence-electron chi connectivity index (χ4n) is 2.23. The summed E-state index contributed by atoms with van der Waals surface area (Å²) in [5.74, 6) is 0.833. The van der Waals surface area contributed by atoms with Crippen LogP contribution in [-0.4, -0.2) is 35.8 Å². The maximum atomic E-state index is 9.60. The van der Waals surface area contributed by atoms with E-state index in [0.29, 0.717) is 11.5 Å². The second-order valence-corrected chi connectivity index (χ2v) is 5.86. The fraction of sp³-hybridized carbons (Fsp3) is 1.00. The normalized spacial score (nSPS) is 27.9. The molecular formula is C11H23NOS. The van der Waals surface area contributed by atoms with Gasteiger partial charge in [-0.15, -0.1) is 0 Å². The summed E-state index contributed by atoms with van der Waals surface area (Å²) in [7, 11) is 0. The molecule has 2 nitrogen and oxygen atoms in total. The van der Waals surface area contributed by atoms with Crippen molar-refractivity contribution in [2.45, 2.75) is 45.3 Å². The number of aliphatic hydroxyl groups is 1. The molecule has 0 radical (unpaired) electrons. The summed E-state index contributed by atoms with van der Waals surface area (Å²) in [6, 6.07) is 0.596. The topological polar surface area (TPSA) is 32.3 Å². The summed E-state index contributed by atoms with van der Waals surface area (Å²) in [4.78, 5) is 0. The van der Waals surface area contributed by atoms with Gasteiger partial charge >= 0.3 is 0 Å². The maximum Gasteiger partial charge on any atom is 0.0754 e. The number of thioether (sulfide) groups is 1. The highest BCUT2D eigenvalue weighted by Gasteiger charge is 2.33. The predicted molar refractivity (Wildman–Crippen MR) is 63.8 cm³/mol. The van der Waals surface area contributed by atoms with Gasteiger partial charge in [-0.05, 0) is 24.5 Å². The van der Waals surface area contributed by atoms with Crippen molar-refractivity contribution in [2.75, 3.05) is 18.6 Å². The van der Waals surface area contributed by atoms with E-state index in [1.54, 1.807) is 11.8 Å². The lowest BCUT2D eigenvalue weighted by atomic mass is 9.87. The van der Waals surface area contributed by atoms with E-state index in [1.807, 2.05) is 6.26 Å². The Balaban J connectivity index is 2.24. The Kier molecular flexibility index (Phi) is 4.74. The Morgan fingerprint density at radius 3 is 2.79 bits per heavy atom. The highest BCUT2D eigenvalue weighted by atomic mass is 32.2. The molecule has 1 fully saturated rings. The molecular weight excluding hydrogens is 194 g/mol. The smallest absolute Gasteiger partial charge is 0.0754 e. The molecule has 14 heavy (non-hydrogen) atoms. The van der Waals surface area contributed by atoms with Crippen LogP contribution in [0.25, 0.3) is 0 Å². The fourth-order valence-corrected chi connectivity index (χ4v) is 2.74. The predicted octanol–water partition coefficient (Wildman–Crippen LogP) is 1.88. The van der Waals surface area contributed by atoms with Crippen molar-refractivity contribution in [3.8, 4) is 0 Å². The summed E-state index contributed by atoms with van der Waals surface area (Å²) in [6.45, 7) is 5.38. The second-order valence-electron chi connectivity index (χ2n) is 4.95. The molecule has 0 saturated heterocycles. The van der Waals surface area contributed by atoms with Crippen molar-refractivity contribution < 1.29 is 5.11 Å². The number of nitrogens with one attached hydrogen (secondary N) is 1. The molecule has 0 aliphatic heterocycles. The van der Waals surface area contributed by atoms with Crippen molar-refractivity contribution in [2.24, 2.45) is 5.41 Å². The molecule has 1 aliphatic carbocycles. The van der Waals surface area contributed by atoms with Crippen molar-refractivity contribution in [3.05, 3.63) is 0 Å². The van der Waals surface area contributed by atoms with Crippen LogP contribution in [-0.2, 0) is 0 Å². The molecule has 0 aromatic heterocycles. The Labute approximate surface area is 91.9 Å². The van der Waals surface area contributed by atoms with Crippen LogP contribution in [0.3, 0.4) is 0 Å². The van der Waals surface area contributed by atoms with Crippen LogP contribution >= 0.6 is 11.8 Å². The van der Waals surface area contributed by atoms with Gasteiger partial charge in [-0.1, -0.05) is 20.3 Å². The third kappa shape index (κ3) is 3.44. The van der Waals surface area contributed by atoms with Crippen LogP contribution in [0.5, 0.6) is 0 Å². The van der Waals surface area contributed by atoms with Gasteiger partial charge in [-0.25, -0.2) is 0 Å². The van der Waals surface area contributed by atoms with Gasteiger partial charge in [-0.3, -0.25) is 0 Å². The molecule has 0 aromatic carbocycles. The first kappa shape index (κ1) is 12.3. The summed E-state index contributed by atoms with van der Waals surface area (Å²) in [5.41, 5.74) is 0.416. The molecule has 1 saturated carbocycles. The lowest BCUT2D eigenvalue weighted by Crippen LogP contribution is -2.42. The van der Waals surface area contributed by atoms with E-state index in [9.17, 15) is 5.11 Å². The zero-order chi connectivity index (χ0) is 10.6. The molecule has 3 heteroatoms. The average molecular weight is 217 g/mol.